The second-order valence-corrected chi connectivity index (χ2v) is 7.21. The van der Waals surface area contributed by atoms with E-state index in [1.165, 1.54) is 11.3 Å². The summed E-state index contributed by atoms with van der Waals surface area (Å²) in [6.45, 7) is 4.87. The van der Waals surface area contributed by atoms with Crippen molar-refractivity contribution < 1.29 is 13.5 Å². The molecule has 1 aromatic rings. The molecular weight excluding hydrogens is 234 g/mol. The lowest BCUT2D eigenvalue weighted by Crippen LogP contribution is -2.45. The lowest BCUT2D eigenvalue weighted by molar-refractivity contribution is 0.208. The van der Waals surface area contributed by atoms with Crippen molar-refractivity contribution in [3.8, 4) is 0 Å². The van der Waals surface area contributed by atoms with Crippen LogP contribution in [0.5, 0.6) is 0 Å². The van der Waals surface area contributed by atoms with Gasteiger partial charge in [0.1, 0.15) is 4.21 Å². The molecule has 0 aromatic carbocycles. The molecule has 0 radical (unpaired) electrons. The Kier molecular flexibility index (Phi) is 3.55. The maximum absolute atomic E-state index is 11.8. The summed E-state index contributed by atoms with van der Waals surface area (Å²) in [6, 6.07) is 3.32. The number of aryl methyl sites for hydroxylation is 1. The minimum absolute atomic E-state index is 0.239. The molecule has 6 heteroatoms. The quantitative estimate of drug-likeness (QED) is 0.840. The number of aliphatic hydroxyl groups is 1. The molecule has 0 fully saturated rings. The van der Waals surface area contributed by atoms with Gasteiger partial charge in [-0.3, -0.25) is 0 Å². The van der Waals surface area contributed by atoms with E-state index < -0.39 is 15.6 Å². The lowest BCUT2D eigenvalue weighted by Gasteiger charge is -2.22. The molecule has 0 aliphatic heterocycles. The third kappa shape index (κ3) is 3.27. The van der Waals surface area contributed by atoms with Crippen LogP contribution in [0.3, 0.4) is 0 Å². The predicted octanol–water partition coefficient (Wildman–Crippen LogP) is 1.11. The zero-order valence-electron chi connectivity index (χ0n) is 8.94. The summed E-state index contributed by atoms with van der Waals surface area (Å²) in [5.41, 5.74) is -0.837. The number of rotatable bonds is 4. The molecule has 1 aromatic heterocycles. The van der Waals surface area contributed by atoms with Gasteiger partial charge >= 0.3 is 0 Å². The Bertz CT molecular complexity index is 434. The standard InChI is InChI=1S/C9H15NO3S2/c1-7-4-5-8(14-7)15(12,13)10-9(2,3)6-11/h4-5,10-11H,6H2,1-3H3. The Labute approximate surface area is 94.0 Å². The van der Waals surface area contributed by atoms with Gasteiger partial charge in [-0.15, -0.1) is 11.3 Å². The molecule has 1 heterocycles. The van der Waals surface area contributed by atoms with Gasteiger partial charge in [-0.25, -0.2) is 13.1 Å². The van der Waals surface area contributed by atoms with E-state index in [4.69, 9.17) is 5.11 Å². The highest BCUT2D eigenvalue weighted by molar-refractivity contribution is 7.91. The Morgan fingerprint density at radius 3 is 2.47 bits per heavy atom. The molecule has 0 saturated carbocycles. The van der Waals surface area contributed by atoms with Gasteiger partial charge in [-0.2, -0.15) is 0 Å². The fraction of sp³-hybridized carbons (Fsp3) is 0.556. The maximum atomic E-state index is 11.8. The van der Waals surface area contributed by atoms with Gasteiger partial charge in [0.25, 0.3) is 10.0 Å². The molecule has 0 amide bonds. The number of sulfonamides is 1. The number of aliphatic hydroxyl groups excluding tert-OH is 1. The third-order valence-electron chi connectivity index (χ3n) is 1.79. The van der Waals surface area contributed by atoms with Crippen molar-refractivity contribution >= 4 is 21.4 Å². The fourth-order valence-electron chi connectivity index (χ4n) is 1.00. The molecule has 0 saturated heterocycles. The monoisotopic (exact) mass is 249 g/mol. The Balaban J connectivity index is 2.95. The second kappa shape index (κ2) is 4.21. The van der Waals surface area contributed by atoms with Crippen molar-refractivity contribution in [3.05, 3.63) is 17.0 Å². The van der Waals surface area contributed by atoms with Gasteiger partial charge < -0.3 is 5.11 Å². The summed E-state index contributed by atoms with van der Waals surface area (Å²) in [7, 11) is -3.50. The highest BCUT2D eigenvalue weighted by Crippen LogP contribution is 2.21. The summed E-state index contributed by atoms with van der Waals surface area (Å²) in [4.78, 5) is 0.942. The van der Waals surface area contributed by atoms with Crippen LogP contribution in [0.15, 0.2) is 16.3 Å². The van der Waals surface area contributed by atoms with Gasteiger partial charge in [-0.05, 0) is 32.9 Å². The van der Waals surface area contributed by atoms with Crippen LogP contribution in [0.25, 0.3) is 0 Å². The largest absolute Gasteiger partial charge is 0.394 e. The van der Waals surface area contributed by atoms with Gasteiger partial charge in [-0.1, -0.05) is 0 Å². The number of thiophene rings is 1. The zero-order valence-corrected chi connectivity index (χ0v) is 10.6. The first-order valence-corrected chi connectivity index (χ1v) is 6.78. The van der Waals surface area contributed by atoms with E-state index in [0.717, 1.165) is 4.88 Å². The molecule has 0 bridgehead atoms. The molecule has 4 nitrogen and oxygen atoms in total. The smallest absolute Gasteiger partial charge is 0.250 e. The van der Waals surface area contributed by atoms with Crippen molar-refractivity contribution in [2.45, 2.75) is 30.5 Å². The van der Waals surface area contributed by atoms with Gasteiger partial charge in [0.05, 0.1) is 12.1 Å². The maximum Gasteiger partial charge on any atom is 0.250 e. The van der Waals surface area contributed by atoms with Crippen LogP contribution in [0.1, 0.15) is 18.7 Å². The summed E-state index contributed by atoms with van der Waals surface area (Å²) in [6.07, 6.45) is 0. The topological polar surface area (TPSA) is 66.4 Å². The minimum Gasteiger partial charge on any atom is -0.394 e. The van der Waals surface area contributed by atoms with E-state index >= 15 is 0 Å². The number of hydrogen-bond acceptors (Lipinski definition) is 4. The van der Waals surface area contributed by atoms with Crippen LogP contribution in [0.2, 0.25) is 0 Å². The van der Waals surface area contributed by atoms with Crippen molar-refractivity contribution in [2.75, 3.05) is 6.61 Å². The van der Waals surface area contributed by atoms with E-state index in [9.17, 15) is 8.42 Å². The molecule has 0 aliphatic rings. The molecule has 86 valence electrons. The first-order valence-electron chi connectivity index (χ1n) is 4.48. The van der Waals surface area contributed by atoms with E-state index in [2.05, 4.69) is 4.72 Å². The molecule has 1 rings (SSSR count). The molecule has 0 unspecified atom stereocenters. The summed E-state index contributed by atoms with van der Waals surface area (Å²) in [5.74, 6) is 0. The van der Waals surface area contributed by atoms with Crippen molar-refractivity contribution in [3.63, 3.8) is 0 Å². The van der Waals surface area contributed by atoms with Crippen LogP contribution < -0.4 is 4.72 Å². The second-order valence-electron chi connectivity index (χ2n) is 4.01. The molecular formula is C9H15NO3S2. The molecule has 0 atom stereocenters. The van der Waals surface area contributed by atoms with Gasteiger partial charge in [0.15, 0.2) is 0 Å². The van der Waals surface area contributed by atoms with E-state index in [0.29, 0.717) is 0 Å². The SMILES string of the molecule is Cc1ccc(S(=O)(=O)NC(C)(C)CO)s1. The van der Waals surface area contributed by atoms with E-state index in [1.807, 2.05) is 6.92 Å². The highest BCUT2D eigenvalue weighted by Gasteiger charge is 2.26. The zero-order chi connectivity index (χ0) is 11.7. The number of hydrogen-bond donors (Lipinski definition) is 2. The molecule has 2 N–H and O–H groups in total. The fourth-order valence-corrected chi connectivity index (χ4v) is 3.69. The van der Waals surface area contributed by atoms with Crippen molar-refractivity contribution in [1.82, 2.24) is 4.72 Å². The molecule has 0 spiro atoms. The summed E-state index contributed by atoms with van der Waals surface area (Å²) >= 11 is 1.21. The van der Waals surface area contributed by atoms with Gasteiger partial charge in [0, 0.05) is 4.88 Å². The van der Waals surface area contributed by atoms with E-state index in [1.54, 1.807) is 26.0 Å². The molecule has 0 aliphatic carbocycles. The van der Waals surface area contributed by atoms with Crippen molar-refractivity contribution in [1.29, 1.82) is 0 Å². The Morgan fingerprint density at radius 1 is 1.47 bits per heavy atom. The first-order chi connectivity index (χ1) is 6.77. The average molecular weight is 249 g/mol. The Hall–Kier alpha value is -0.430. The van der Waals surface area contributed by atoms with Crippen LogP contribution in [-0.2, 0) is 10.0 Å². The van der Waals surface area contributed by atoms with Crippen LogP contribution in [-0.4, -0.2) is 25.7 Å². The summed E-state index contributed by atoms with van der Waals surface area (Å²) in [5, 5.41) is 8.99. The normalized spacial score (nSPS) is 13.1. The van der Waals surface area contributed by atoms with E-state index in [-0.39, 0.29) is 10.8 Å². The van der Waals surface area contributed by atoms with Crippen molar-refractivity contribution in [2.24, 2.45) is 0 Å². The minimum atomic E-state index is -3.50. The lowest BCUT2D eigenvalue weighted by atomic mass is 10.1. The third-order valence-corrected chi connectivity index (χ3v) is 4.98. The average Bonchev–Trinajstić information content (AvgIpc) is 2.51. The first kappa shape index (κ1) is 12.6. The predicted molar refractivity (Wildman–Crippen MR) is 60.5 cm³/mol. The van der Waals surface area contributed by atoms with Gasteiger partial charge in [0.2, 0.25) is 0 Å². The van der Waals surface area contributed by atoms with Crippen LogP contribution in [0, 0.1) is 6.92 Å². The highest BCUT2D eigenvalue weighted by atomic mass is 32.2. The van der Waals surface area contributed by atoms with Crippen LogP contribution in [0.4, 0.5) is 0 Å². The molecule has 15 heavy (non-hydrogen) atoms. The van der Waals surface area contributed by atoms with Crippen LogP contribution >= 0.6 is 11.3 Å². The Morgan fingerprint density at radius 2 is 2.07 bits per heavy atom. The number of nitrogens with one attached hydrogen (secondary N) is 1. The summed E-state index contributed by atoms with van der Waals surface area (Å²) < 4.78 is 26.3.